The van der Waals surface area contributed by atoms with Gasteiger partial charge >= 0.3 is 0 Å². The first kappa shape index (κ1) is 15.0. The summed E-state index contributed by atoms with van der Waals surface area (Å²) in [6.45, 7) is 9.26. The molecular formula is C15H24O3. The normalized spacial score (nSPS) is 14.6. The van der Waals surface area contributed by atoms with E-state index in [1.54, 1.807) is 0 Å². The summed E-state index contributed by atoms with van der Waals surface area (Å²) in [4.78, 5) is 0. The summed E-state index contributed by atoms with van der Waals surface area (Å²) in [6, 6.07) is 7.55. The molecule has 1 N–H and O–H groups in total. The number of hydrogen-bond donors (Lipinski definition) is 1. The molecule has 1 aromatic rings. The van der Waals surface area contributed by atoms with E-state index in [4.69, 9.17) is 9.47 Å². The van der Waals surface area contributed by atoms with Gasteiger partial charge in [-0.1, -0.05) is 26.0 Å². The maximum Gasteiger partial charge on any atom is 0.119 e. The van der Waals surface area contributed by atoms with Crippen LogP contribution in [0.15, 0.2) is 24.3 Å². The molecule has 0 aliphatic carbocycles. The molecule has 0 heterocycles. The summed E-state index contributed by atoms with van der Waals surface area (Å²) in [5.74, 6) is 1.09. The lowest BCUT2D eigenvalue weighted by Crippen LogP contribution is -2.27. The number of aliphatic hydroxyl groups excluding tert-OH is 1. The molecule has 18 heavy (non-hydrogen) atoms. The first-order valence-corrected chi connectivity index (χ1v) is 6.62. The highest BCUT2D eigenvalue weighted by Crippen LogP contribution is 2.26. The summed E-state index contributed by atoms with van der Waals surface area (Å²) in [5.41, 5.74) is 0.866. The molecule has 3 nitrogen and oxygen atoms in total. The van der Waals surface area contributed by atoms with Crippen molar-refractivity contribution in [3.05, 3.63) is 29.8 Å². The van der Waals surface area contributed by atoms with Gasteiger partial charge < -0.3 is 14.6 Å². The minimum atomic E-state index is -0.597. The highest BCUT2D eigenvalue weighted by molar-refractivity contribution is 5.29. The highest BCUT2D eigenvalue weighted by Gasteiger charge is 2.24. The van der Waals surface area contributed by atoms with Gasteiger partial charge in [0.2, 0.25) is 0 Å². The zero-order valence-electron chi connectivity index (χ0n) is 11.7. The Bertz CT molecular complexity index is 332. The maximum absolute atomic E-state index is 10.3. The predicted octanol–water partition coefficient (Wildman–Crippen LogP) is 3.18. The maximum atomic E-state index is 10.3. The van der Waals surface area contributed by atoms with E-state index < -0.39 is 6.10 Å². The average Bonchev–Trinajstić information content (AvgIpc) is 2.36. The van der Waals surface area contributed by atoms with E-state index in [1.165, 1.54) is 0 Å². The first-order chi connectivity index (χ1) is 8.60. The van der Waals surface area contributed by atoms with Gasteiger partial charge in [0.25, 0.3) is 0 Å². The minimum Gasteiger partial charge on any atom is -0.494 e. The van der Waals surface area contributed by atoms with E-state index in [2.05, 4.69) is 13.8 Å². The number of hydrogen-bond acceptors (Lipinski definition) is 3. The van der Waals surface area contributed by atoms with Crippen molar-refractivity contribution in [3.63, 3.8) is 0 Å². The third-order valence-corrected chi connectivity index (χ3v) is 2.86. The van der Waals surface area contributed by atoms with Crippen molar-refractivity contribution in [1.82, 2.24) is 0 Å². The van der Waals surface area contributed by atoms with Gasteiger partial charge in [-0.2, -0.15) is 0 Å². The van der Waals surface area contributed by atoms with Crippen LogP contribution in [0.1, 0.15) is 39.4 Å². The minimum absolute atomic E-state index is 0.173. The molecule has 0 saturated carbocycles. The van der Waals surface area contributed by atoms with Crippen molar-refractivity contribution in [2.24, 2.45) is 5.92 Å². The number of benzene rings is 1. The van der Waals surface area contributed by atoms with Crippen LogP contribution in [-0.4, -0.2) is 24.4 Å². The van der Waals surface area contributed by atoms with E-state index in [0.717, 1.165) is 11.3 Å². The van der Waals surface area contributed by atoms with Crippen LogP contribution in [0, 0.1) is 5.92 Å². The summed E-state index contributed by atoms with van der Waals surface area (Å²) < 4.78 is 11.0. The van der Waals surface area contributed by atoms with Crippen LogP contribution >= 0.6 is 0 Å². The molecule has 0 fully saturated rings. The van der Waals surface area contributed by atoms with E-state index in [9.17, 15) is 5.11 Å². The Balaban J connectivity index is 2.77. The van der Waals surface area contributed by atoms with E-state index >= 15 is 0 Å². The van der Waals surface area contributed by atoms with E-state index in [-0.39, 0.29) is 12.0 Å². The van der Waals surface area contributed by atoms with Crippen molar-refractivity contribution in [3.8, 4) is 5.75 Å². The molecule has 0 aromatic heterocycles. The topological polar surface area (TPSA) is 38.7 Å². The molecule has 1 rings (SSSR count). The molecule has 3 heteroatoms. The van der Waals surface area contributed by atoms with Crippen molar-refractivity contribution in [2.45, 2.75) is 39.9 Å². The predicted molar refractivity (Wildman–Crippen MR) is 72.8 cm³/mol. The SMILES string of the molecule is CCOc1ccc(C(O)C(OCC)C(C)C)cc1. The first-order valence-electron chi connectivity index (χ1n) is 6.62. The lowest BCUT2D eigenvalue weighted by atomic mass is 9.96. The van der Waals surface area contributed by atoms with Gasteiger partial charge in [-0.15, -0.1) is 0 Å². The lowest BCUT2D eigenvalue weighted by molar-refractivity contribution is -0.0585. The largest absolute Gasteiger partial charge is 0.494 e. The number of aliphatic hydroxyl groups is 1. The number of rotatable bonds is 7. The molecule has 1 aromatic carbocycles. The van der Waals surface area contributed by atoms with Crippen molar-refractivity contribution in [2.75, 3.05) is 13.2 Å². The smallest absolute Gasteiger partial charge is 0.119 e. The van der Waals surface area contributed by atoms with Crippen LogP contribution in [0.25, 0.3) is 0 Å². The third-order valence-electron chi connectivity index (χ3n) is 2.86. The fourth-order valence-corrected chi connectivity index (χ4v) is 1.96. The zero-order valence-corrected chi connectivity index (χ0v) is 11.7. The van der Waals surface area contributed by atoms with Gasteiger partial charge in [-0.25, -0.2) is 0 Å². The zero-order chi connectivity index (χ0) is 13.5. The molecule has 102 valence electrons. The van der Waals surface area contributed by atoms with Crippen LogP contribution in [0.2, 0.25) is 0 Å². The van der Waals surface area contributed by atoms with E-state index in [0.29, 0.717) is 13.2 Å². The van der Waals surface area contributed by atoms with Crippen LogP contribution in [0.4, 0.5) is 0 Å². The molecular weight excluding hydrogens is 228 g/mol. The second kappa shape index (κ2) is 7.39. The Hall–Kier alpha value is -1.06. The number of ether oxygens (including phenoxy) is 2. The molecule has 0 radical (unpaired) electrons. The Morgan fingerprint density at radius 2 is 1.67 bits per heavy atom. The van der Waals surface area contributed by atoms with Crippen LogP contribution in [-0.2, 0) is 4.74 Å². The van der Waals surface area contributed by atoms with Gasteiger partial charge in [0.05, 0.1) is 12.7 Å². The summed E-state index contributed by atoms with van der Waals surface area (Å²) >= 11 is 0. The molecule has 0 bridgehead atoms. The third kappa shape index (κ3) is 4.00. The molecule has 0 aliphatic rings. The molecule has 0 amide bonds. The molecule has 0 aliphatic heterocycles. The van der Waals surface area contributed by atoms with Gasteiger partial charge in [0.15, 0.2) is 0 Å². The highest BCUT2D eigenvalue weighted by atomic mass is 16.5. The fourth-order valence-electron chi connectivity index (χ4n) is 1.96. The quantitative estimate of drug-likeness (QED) is 0.810. The second-order valence-corrected chi connectivity index (χ2v) is 4.61. The average molecular weight is 252 g/mol. The summed E-state index contributed by atoms with van der Waals surface area (Å²) in [6.07, 6.45) is -0.770. The second-order valence-electron chi connectivity index (χ2n) is 4.61. The Morgan fingerprint density at radius 1 is 1.06 bits per heavy atom. The standard InChI is InChI=1S/C15H24O3/c1-5-17-13-9-7-12(8-10-13)14(16)15(11(3)4)18-6-2/h7-11,14-16H,5-6H2,1-4H3. The van der Waals surface area contributed by atoms with Crippen molar-refractivity contribution >= 4 is 0 Å². The van der Waals surface area contributed by atoms with Gasteiger partial charge in [-0.05, 0) is 37.5 Å². The van der Waals surface area contributed by atoms with Crippen molar-refractivity contribution < 1.29 is 14.6 Å². The van der Waals surface area contributed by atoms with Crippen LogP contribution < -0.4 is 4.74 Å². The van der Waals surface area contributed by atoms with Crippen LogP contribution in [0.5, 0.6) is 5.75 Å². The van der Waals surface area contributed by atoms with Gasteiger partial charge in [0, 0.05) is 6.61 Å². The lowest BCUT2D eigenvalue weighted by Gasteiger charge is -2.26. The Labute approximate surface area is 110 Å². The summed E-state index contributed by atoms with van der Waals surface area (Å²) in [5, 5.41) is 10.3. The van der Waals surface area contributed by atoms with Crippen molar-refractivity contribution in [1.29, 1.82) is 0 Å². The van der Waals surface area contributed by atoms with Gasteiger partial charge in [-0.3, -0.25) is 0 Å². The molecule has 0 saturated heterocycles. The van der Waals surface area contributed by atoms with Crippen LogP contribution in [0.3, 0.4) is 0 Å². The molecule has 0 spiro atoms. The molecule has 2 unspecified atom stereocenters. The Morgan fingerprint density at radius 3 is 2.11 bits per heavy atom. The van der Waals surface area contributed by atoms with E-state index in [1.807, 2.05) is 38.1 Å². The Kier molecular flexibility index (Phi) is 6.16. The van der Waals surface area contributed by atoms with Gasteiger partial charge in [0.1, 0.15) is 11.9 Å². The molecule has 2 atom stereocenters. The monoisotopic (exact) mass is 252 g/mol. The fraction of sp³-hybridized carbons (Fsp3) is 0.600. The summed E-state index contributed by atoms with van der Waals surface area (Å²) in [7, 11) is 0.